The van der Waals surface area contributed by atoms with Crippen molar-refractivity contribution in [2.75, 3.05) is 59.3 Å². The van der Waals surface area contributed by atoms with Gasteiger partial charge in [0.25, 0.3) is 0 Å². The zero-order chi connectivity index (χ0) is 26.1. The lowest BCUT2D eigenvalue weighted by Crippen LogP contribution is -2.30. The first-order valence-corrected chi connectivity index (χ1v) is 14.2. The summed E-state index contributed by atoms with van der Waals surface area (Å²) in [4.78, 5) is 23.6. The molecule has 1 aromatic carbocycles. The van der Waals surface area contributed by atoms with Crippen LogP contribution in [0, 0.1) is 0 Å². The van der Waals surface area contributed by atoms with Crippen LogP contribution in [0.3, 0.4) is 0 Å². The summed E-state index contributed by atoms with van der Waals surface area (Å²) in [7, 11) is 0. The summed E-state index contributed by atoms with van der Waals surface area (Å²) >= 11 is 3.41. The monoisotopic (exact) mass is 571 g/mol. The molecule has 1 unspecified atom stereocenters. The molecule has 206 valence electrons. The lowest BCUT2D eigenvalue weighted by molar-refractivity contribution is -0.122. The average Bonchev–Trinajstić information content (AvgIpc) is 2.90. The third-order valence-corrected chi connectivity index (χ3v) is 6.48. The second-order valence-electron chi connectivity index (χ2n) is 8.62. The fourth-order valence-electron chi connectivity index (χ4n) is 3.49. The van der Waals surface area contributed by atoms with Crippen LogP contribution in [0.4, 0.5) is 0 Å². The molecule has 1 rings (SSSR count). The normalized spacial score (nSPS) is 11.8. The highest BCUT2D eigenvalue weighted by molar-refractivity contribution is 9.09. The number of hydrogen-bond donors (Lipinski definition) is 3. The van der Waals surface area contributed by atoms with Crippen LogP contribution in [0.25, 0.3) is 0 Å². The maximum Gasteiger partial charge on any atom is 0.238 e. The van der Waals surface area contributed by atoms with Crippen molar-refractivity contribution in [2.24, 2.45) is 5.73 Å². The highest BCUT2D eigenvalue weighted by Crippen LogP contribution is 2.22. The van der Waals surface area contributed by atoms with Crippen molar-refractivity contribution in [1.82, 2.24) is 10.6 Å². The van der Waals surface area contributed by atoms with Crippen LogP contribution in [-0.4, -0.2) is 71.1 Å². The SMILES string of the molecule is NCCCCCCCCCCC(=O)NCCOCCOCCOCCNC(=O)C(Br)c1ccccc1. The van der Waals surface area contributed by atoms with Gasteiger partial charge in [-0.3, -0.25) is 9.59 Å². The summed E-state index contributed by atoms with van der Waals surface area (Å²) in [5.74, 6) is 0.00699. The Kier molecular flexibility index (Phi) is 21.5. The van der Waals surface area contributed by atoms with E-state index in [4.69, 9.17) is 19.9 Å². The third kappa shape index (κ3) is 18.7. The van der Waals surface area contributed by atoms with E-state index < -0.39 is 0 Å². The van der Waals surface area contributed by atoms with E-state index in [0.29, 0.717) is 59.2 Å². The van der Waals surface area contributed by atoms with Gasteiger partial charge < -0.3 is 30.6 Å². The van der Waals surface area contributed by atoms with Crippen molar-refractivity contribution < 1.29 is 23.8 Å². The Morgan fingerprint density at radius 1 is 0.722 bits per heavy atom. The number of unbranched alkanes of at least 4 members (excludes halogenated alkanes) is 7. The van der Waals surface area contributed by atoms with Gasteiger partial charge in [-0.05, 0) is 24.9 Å². The molecule has 0 aliphatic rings. The lowest BCUT2D eigenvalue weighted by Gasteiger charge is -2.11. The molecule has 0 heterocycles. The number of ether oxygens (including phenoxy) is 3. The Hall–Kier alpha value is -1.52. The predicted molar refractivity (Wildman–Crippen MR) is 147 cm³/mol. The minimum Gasteiger partial charge on any atom is -0.377 e. The third-order valence-electron chi connectivity index (χ3n) is 5.54. The summed E-state index contributed by atoms with van der Waals surface area (Å²) in [5.41, 5.74) is 6.41. The maximum atomic E-state index is 12.1. The van der Waals surface area contributed by atoms with E-state index in [-0.39, 0.29) is 16.6 Å². The molecule has 0 saturated carbocycles. The van der Waals surface area contributed by atoms with Gasteiger partial charge in [0.2, 0.25) is 11.8 Å². The largest absolute Gasteiger partial charge is 0.377 e. The molecule has 1 atom stereocenters. The molecule has 0 aliphatic carbocycles. The van der Waals surface area contributed by atoms with E-state index in [1.54, 1.807) is 0 Å². The summed E-state index contributed by atoms with van der Waals surface area (Å²) in [6.07, 6.45) is 10.0. The smallest absolute Gasteiger partial charge is 0.238 e. The van der Waals surface area contributed by atoms with Gasteiger partial charge in [-0.1, -0.05) is 84.8 Å². The highest BCUT2D eigenvalue weighted by atomic mass is 79.9. The first kappa shape index (κ1) is 32.5. The Bertz CT molecular complexity index is 666. The van der Waals surface area contributed by atoms with Crippen molar-refractivity contribution in [3.05, 3.63) is 35.9 Å². The molecular weight excluding hydrogens is 526 g/mol. The van der Waals surface area contributed by atoms with E-state index in [9.17, 15) is 9.59 Å². The Morgan fingerprint density at radius 2 is 1.22 bits per heavy atom. The molecule has 4 N–H and O–H groups in total. The van der Waals surface area contributed by atoms with Gasteiger partial charge in [0, 0.05) is 19.5 Å². The molecular formula is C27H46BrN3O5. The Labute approximate surface area is 225 Å². The van der Waals surface area contributed by atoms with Crippen LogP contribution in [0.15, 0.2) is 30.3 Å². The topological polar surface area (TPSA) is 112 Å². The molecule has 0 fully saturated rings. The van der Waals surface area contributed by atoms with Gasteiger partial charge in [-0.25, -0.2) is 0 Å². The molecule has 2 amide bonds. The van der Waals surface area contributed by atoms with Crippen molar-refractivity contribution in [2.45, 2.75) is 62.6 Å². The van der Waals surface area contributed by atoms with Crippen molar-refractivity contribution >= 4 is 27.7 Å². The second kappa shape index (κ2) is 23.9. The van der Waals surface area contributed by atoms with Crippen molar-refractivity contribution in [3.8, 4) is 0 Å². The molecule has 0 aliphatic heterocycles. The molecule has 1 aromatic rings. The Morgan fingerprint density at radius 3 is 1.81 bits per heavy atom. The molecule has 36 heavy (non-hydrogen) atoms. The number of rotatable bonds is 24. The van der Waals surface area contributed by atoms with E-state index in [1.165, 1.54) is 32.1 Å². The number of carbonyl (C=O) groups is 2. The maximum absolute atomic E-state index is 12.1. The number of amides is 2. The number of halogens is 1. The van der Waals surface area contributed by atoms with Crippen LogP contribution in [0.5, 0.6) is 0 Å². The number of nitrogens with one attached hydrogen (secondary N) is 2. The number of carbonyl (C=O) groups excluding carboxylic acids is 2. The molecule has 9 heteroatoms. The molecule has 0 aromatic heterocycles. The molecule has 0 spiro atoms. The summed E-state index contributed by atoms with van der Waals surface area (Å²) < 4.78 is 16.4. The minimum absolute atomic E-state index is 0.0882. The molecule has 0 bridgehead atoms. The summed E-state index contributed by atoms with van der Waals surface area (Å²) in [5, 5.41) is 5.73. The summed E-state index contributed by atoms with van der Waals surface area (Å²) in [6, 6.07) is 9.54. The van der Waals surface area contributed by atoms with Crippen LogP contribution in [0.1, 0.15) is 68.2 Å². The molecule has 0 radical (unpaired) electrons. The minimum atomic E-state index is -0.368. The molecule has 8 nitrogen and oxygen atoms in total. The van der Waals surface area contributed by atoms with Gasteiger partial charge in [0.15, 0.2) is 0 Å². The van der Waals surface area contributed by atoms with Crippen LogP contribution >= 0.6 is 15.9 Å². The van der Waals surface area contributed by atoms with E-state index in [1.807, 2.05) is 30.3 Å². The Balaban J connectivity index is 1.79. The van der Waals surface area contributed by atoms with Gasteiger partial charge in [-0.15, -0.1) is 0 Å². The quantitative estimate of drug-likeness (QED) is 0.128. The van der Waals surface area contributed by atoms with Gasteiger partial charge in [-0.2, -0.15) is 0 Å². The van der Waals surface area contributed by atoms with Crippen LogP contribution in [-0.2, 0) is 23.8 Å². The predicted octanol–water partition coefficient (Wildman–Crippen LogP) is 3.87. The standard InChI is InChI=1S/C27H46BrN3O5/c28-26(24-12-8-7-9-13-24)27(33)31-17-19-35-21-23-36-22-20-34-18-16-30-25(32)14-10-5-3-1-2-4-6-11-15-29/h7-9,12-13,26H,1-6,10-11,14-23,29H2,(H,30,32)(H,31,33). The van der Waals surface area contributed by atoms with Gasteiger partial charge in [0.1, 0.15) is 4.83 Å². The zero-order valence-electron chi connectivity index (χ0n) is 21.7. The highest BCUT2D eigenvalue weighted by Gasteiger charge is 2.15. The van der Waals surface area contributed by atoms with E-state index >= 15 is 0 Å². The summed E-state index contributed by atoms with van der Waals surface area (Å²) in [6.45, 7) is 4.53. The van der Waals surface area contributed by atoms with E-state index in [2.05, 4.69) is 26.6 Å². The fourth-order valence-corrected chi connectivity index (χ4v) is 3.96. The number of nitrogens with two attached hydrogens (primary N) is 1. The van der Waals surface area contributed by atoms with Crippen LogP contribution < -0.4 is 16.4 Å². The van der Waals surface area contributed by atoms with Gasteiger partial charge in [0.05, 0.1) is 39.6 Å². The fraction of sp³-hybridized carbons (Fsp3) is 0.704. The number of alkyl halides is 1. The molecule has 0 saturated heterocycles. The van der Waals surface area contributed by atoms with Gasteiger partial charge >= 0.3 is 0 Å². The van der Waals surface area contributed by atoms with Crippen LogP contribution in [0.2, 0.25) is 0 Å². The number of benzene rings is 1. The van der Waals surface area contributed by atoms with Crippen molar-refractivity contribution in [1.29, 1.82) is 0 Å². The second-order valence-corrected chi connectivity index (χ2v) is 9.53. The first-order chi connectivity index (χ1) is 17.6. The van der Waals surface area contributed by atoms with Crippen molar-refractivity contribution in [3.63, 3.8) is 0 Å². The lowest BCUT2D eigenvalue weighted by atomic mass is 10.1. The first-order valence-electron chi connectivity index (χ1n) is 13.3. The average molecular weight is 573 g/mol. The zero-order valence-corrected chi connectivity index (χ0v) is 23.3. The number of hydrogen-bond acceptors (Lipinski definition) is 6. The van der Waals surface area contributed by atoms with E-state index in [0.717, 1.165) is 31.4 Å².